The molecular formula is C15H13F3N2O3S. The molecule has 2 N–H and O–H groups in total. The average molecular weight is 358 g/mol. The van der Waals surface area contributed by atoms with Crippen LogP contribution in [0.2, 0.25) is 0 Å². The Labute approximate surface area is 136 Å². The second kappa shape index (κ2) is 7.02. The quantitative estimate of drug-likeness (QED) is 0.861. The number of halogens is 3. The molecule has 0 bridgehead atoms. The fraction of sp³-hybridized carbons (Fsp3) is 0.133. The topological polar surface area (TPSA) is 75.3 Å². The lowest BCUT2D eigenvalue weighted by molar-refractivity contribution is -0.115. The third kappa shape index (κ3) is 4.12. The Balaban J connectivity index is 2.08. The Hall–Kier alpha value is -2.39. The largest absolute Gasteiger partial charge is 0.325 e. The summed E-state index contributed by atoms with van der Waals surface area (Å²) < 4.78 is 65.7. The van der Waals surface area contributed by atoms with Crippen molar-refractivity contribution in [3.63, 3.8) is 0 Å². The molecule has 0 atom stereocenters. The van der Waals surface area contributed by atoms with Crippen LogP contribution in [0.25, 0.3) is 0 Å². The van der Waals surface area contributed by atoms with Crippen molar-refractivity contribution in [2.45, 2.75) is 11.8 Å². The molecule has 128 valence electrons. The number of sulfonamides is 1. The van der Waals surface area contributed by atoms with Gasteiger partial charge in [-0.15, -0.1) is 0 Å². The smallest absolute Gasteiger partial charge is 0.246 e. The van der Waals surface area contributed by atoms with Gasteiger partial charge in [0, 0.05) is 5.69 Å². The van der Waals surface area contributed by atoms with E-state index in [-0.39, 0.29) is 5.69 Å². The van der Waals surface area contributed by atoms with E-state index in [0.717, 1.165) is 24.3 Å². The summed E-state index contributed by atoms with van der Waals surface area (Å²) in [5.74, 6) is -3.79. The molecule has 0 aliphatic carbocycles. The van der Waals surface area contributed by atoms with Crippen LogP contribution >= 0.6 is 0 Å². The van der Waals surface area contributed by atoms with E-state index in [9.17, 15) is 26.4 Å². The van der Waals surface area contributed by atoms with Crippen molar-refractivity contribution in [1.82, 2.24) is 4.72 Å². The van der Waals surface area contributed by atoms with Crippen LogP contribution in [-0.4, -0.2) is 20.9 Å². The number of rotatable bonds is 5. The number of aryl methyl sites for hydroxylation is 1. The summed E-state index contributed by atoms with van der Waals surface area (Å²) in [4.78, 5) is 10.6. The molecule has 9 heteroatoms. The molecule has 1 amide bonds. The zero-order valence-corrected chi connectivity index (χ0v) is 13.3. The molecule has 0 radical (unpaired) electrons. The van der Waals surface area contributed by atoms with Gasteiger partial charge in [0.25, 0.3) is 0 Å². The number of carbonyl (C=O) groups excluding carboxylic acids is 1. The number of amides is 1. The van der Waals surface area contributed by atoms with Crippen LogP contribution in [0.1, 0.15) is 5.56 Å². The minimum atomic E-state index is -4.55. The van der Waals surface area contributed by atoms with Crippen molar-refractivity contribution < 1.29 is 26.4 Å². The van der Waals surface area contributed by atoms with Gasteiger partial charge in [0.15, 0.2) is 4.90 Å². The lowest BCUT2D eigenvalue weighted by Gasteiger charge is -2.10. The number of anilines is 1. The zero-order valence-electron chi connectivity index (χ0n) is 12.4. The monoisotopic (exact) mass is 358 g/mol. The number of benzene rings is 2. The summed E-state index contributed by atoms with van der Waals surface area (Å²) in [6, 6.07) is 6.23. The van der Waals surface area contributed by atoms with Crippen molar-refractivity contribution >= 4 is 21.6 Å². The molecule has 0 heterocycles. The maximum Gasteiger partial charge on any atom is 0.246 e. The van der Waals surface area contributed by atoms with Crippen molar-refractivity contribution in [2.24, 2.45) is 0 Å². The third-order valence-electron chi connectivity index (χ3n) is 3.07. The summed E-state index contributed by atoms with van der Waals surface area (Å²) >= 11 is 0. The number of carbonyl (C=O) groups is 1. The number of hydrogen-bond donors (Lipinski definition) is 2. The van der Waals surface area contributed by atoms with Gasteiger partial charge in [-0.1, -0.05) is 6.07 Å². The highest BCUT2D eigenvalue weighted by atomic mass is 32.2. The highest BCUT2D eigenvalue weighted by molar-refractivity contribution is 7.89. The molecule has 2 aromatic carbocycles. The van der Waals surface area contributed by atoms with E-state index in [1.165, 1.54) is 12.1 Å². The fourth-order valence-electron chi connectivity index (χ4n) is 1.93. The van der Waals surface area contributed by atoms with Crippen molar-refractivity contribution in [1.29, 1.82) is 0 Å². The lowest BCUT2D eigenvalue weighted by atomic mass is 10.2. The van der Waals surface area contributed by atoms with Crippen molar-refractivity contribution in [3.8, 4) is 0 Å². The normalized spacial score (nSPS) is 11.3. The van der Waals surface area contributed by atoms with E-state index < -0.39 is 44.8 Å². The minimum absolute atomic E-state index is 0.290. The molecule has 0 aromatic heterocycles. The molecular weight excluding hydrogens is 345 g/mol. The predicted octanol–water partition coefficient (Wildman–Crippen LogP) is 2.33. The zero-order chi connectivity index (χ0) is 17.9. The molecule has 0 spiro atoms. The highest BCUT2D eigenvalue weighted by Crippen LogP contribution is 2.18. The minimum Gasteiger partial charge on any atom is -0.325 e. The number of nitrogens with one attached hydrogen (secondary N) is 2. The Bertz CT molecular complexity index is 865. The summed E-state index contributed by atoms with van der Waals surface area (Å²) in [7, 11) is -4.55. The summed E-state index contributed by atoms with van der Waals surface area (Å²) in [5, 5.41) is 2.37. The number of hydrogen-bond acceptors (Lipinski definition) is 3. The lowest BCUT2D eigenvalue weighted by Crippen LogP contribution is -2.34. The Kier molecular flexibility index (Phi) is 5.25. The van der Waals surface area contributed by atoms with E-state index in [4.69, 9.17) is 0 Å². The van der Waals surface area contributed by atoms with Crippen LogP contribution < -0.4 is 10.0 Å². The molecule has 0 aliphatic rings. The highest BCUT2D eigenvalue weighted by Gasteiger charge is 2.24. The molecule has 24 heavy (non-hydrogen) atoms. The predicted molar refractivity (Wildman–Crippen MR) is 81.3 cm³/mol. The maximum absolute atomic E-state index is 13.5. The van der Waals surface area contributed by atoms with Gasteiger partial charge in [-0.05, 0) is 42.8 Å². The van der Waals surface area contributed by atoms with Crippen LogP contribution in [0.4, 0.5) is 18.9 Å². The SMILES string of the molecule is Cc1cc(F)ccc1NC(=O)CNS(=O)(=O)c1c(F)cccc1F. The molecule has 0 fully saturated rings. The van der Waals surface area contributed by atoms with Gasteiger partial charge < -0.3 is 5.32 Å². The summed E-state index contributed by atoms with van der Waals surface area (Å²) in [6.45, 7) is 0.810. The van der Waals surface area contributed by atoms with E-state index in [1.807, 2.05) is 4.72 Å². The van der Waals surface area contributed by atoms with Crippen molar-refractivity contribution in [2.75, 3.05) is 11.9 Å². The van der Waals surface area contributed by atoms with Gasteiger partial charge in [-0.2, -0.15) is 0 Å². The first-order chi connectivity index (χ1) is 11.2. The summed E-state index contributed by atoms with van der Waals surface area (Å²) in [5.41, 5.74) is 0.726. The Morgan fingerprint density at radius 2 is 1.71 bits per heavy atom. The molecule has 0 saturated heterocycles. The fourth-order valence-corrected chi connectivity index (χ4v) is 3.05. The van der Waals surface area contributed by atoms with Crippen LogP contribution in [0, 0.1) is 24.4 Å². The second-order valence-corrected chi connectivity index (χ2v) is 6.59. The first-order valence-electron chi connectivity index (χ1n) is 6.70. The third-order valence-corrected chi connectivity index (χ3v) is 4.52. The standard InChI is InChI=1S/C15H13F3N2O3S/c1-9-7-10(16)5-6-13(9)20-14(21)8-19-24(22,23)15-11(17)3-2-4-12(15)18/h2-7,19H,8H2,1H3,(H,20,21). The van der Waals surface area contributed by atoms with Gasteiger partial charge in [0.2, 0.25) is 15.9 Å². The van der Waals surface area contributed by atoms with Gasteiger partial charge >= 0.3 is 0 Å². The van der Waals surface area contributed by atoms with Gasteiger partial charge in [-0.25, -0.2) is 26.3 Å². The van der Waals surface area contributed by atoms with Gasteiger partial charge in [0.05, 0.1) is 6.54 Å². The van der Waals surface area contributed by atoms with Gasteiger partial charge in [-0.3, -0.25) is 4.79 Å². The molecule has 0 aliphatic heterocycles. The van der Waals surface area contributed by atoms with Gasteiger partial charge in [0.1, 0.15) is 17.5 Å². The summed E-state index contributed by atoms with van der Waals surface area (Å²) in [6.07, 6.45) is 0. The van der Waals surface area contributed by atoms with E-state index >= 15 is 0 Å². The first-order valence-corrected chi connectivity index (χ1v) is 8.18. The Morgan fingerprint density at radius 1 is 1.08 bits per heavy atom. The average Bonchev–Trinajstić information content (AvgIpc) is 2.48. The Morgan fingerprint density at radius 3 is 2.29 bits per heavy atom. The van der Waals surface area contributed by atoms with E-state index in [1.54, 1.807) is 6.92 Å². The molecule has 5 nitrogen and oxygen atoms in total. The van der Waals surface area contributed by atoms with Crippen LogP contribution in [0.15, 0.2) is 41.3 Å². The van der Waals surface area contributed by atoms with Crippen LogP contribution in [-0.2, 0) is 14.8 Å². The van der Waals surface area contributed by atoms with E-state index in [0.29, 0.717) is 5.56 Å². The molecule has 2 rings (SSSR count). The van der Waals surface area contributed by atoms with Crippen molar-refractivity contribution in [3.05, 3.63) is 59.4 Å². The molecule has 2 aromatic rings. The molecule has 0 saturated carbocycles. The first kappa shape index (κ1) is 18.0. The maximum atomic E-state index is 13.5. The van der Waals surface area contributed by atoms with Crippen LogP contribution in [0.3, 0.4) is 0 Å². The van der Waals surface area contributed by atoms with E-state index in [2.05, 4.69) is 5.32 Å². The van der Waals surface area contributed by atoms with Crippen LogP contribution in [0.5, 0.6) is 0 Å². The molecule has 0 unspecified atom stereocenters. The second-order valence-electron chi connectivity index (χ2n) is 4.88.